The van der Waals surface area contributed by atoms with Gasteiger partial charge in [-0.3, -0.25) is 4.79 Å². The Bertz CT molecular complexity index is 1190. The zero-order chi connectivity index (χ0) is 21.1. The van der Waals surface area contributed by atoms with Crippen molar-refractivity contribution in [3.8, 4) is 27.8 Å². The number of aryl methyl sites for hydroxylation is 1. The Kier molecular flexibility index (Phi) is 5.40. The standard InChI is InChI=1S/C20H18N6O3S/c1-12-7-8-13(9-16(12)26-11-21-24-25-26)22-19(27)15-10-30-20(23-15)14-5-4-6-17(28-2)18(14)29-3/h4-11H,1-3H3,(H,22,27). The maximum atomic E-state index is 12.7. The van der Waals surface area contributed by atoms with Crippen LogP contribution in [0, 0.1) is 6.92 Å². The van der Waals surface area contributed by atoms with E-state index in [0.717, 1.165) is 16.8 Å². The topological polar surface area (TPSA) is 104 Å². The van der Waals surface area contributed by atoms with Crippen LogP contribution in [-0.2, 0) is 0 Å². The summed E-state index contributed by atoms with van der Waals surface area (Å²) in [6.07, 6.45) is 1.50. The number of anilines is 1. The third-order valence-corrected chi connectivity index (χ3v) is 5.31. The fourth-order valence-corrected chi connectivity index (χ4v) is 3.78. The number of methoxy groups -OCH3 is 2. The fourth-order valence-electron chi connectivity index (χ4n) is 2.96. The Morgan fingerprint density at radius 2 is 2.03 bits per heavy atom. The number of tetrazole rings is 1. The molecule has 1 amide bonds. The summed E-state index contributed by atoms with van der Waals surface area (Å²) in [4.78, 5) is 17.2. The lowest BCUT2D eigenvalue weighted by atomic mass is 10.2. The highest BCUT2D eigenvalue weighted by molar-refractivity contribution is 7.13. The summed E-state index contributed by atoms with van der Waals surface area (Å²) in [6.45, 7) is 1.94. The smallest absolute Gasteiger partial charge is 0.275 e. The van der Waals surface area contributed by atoms with Crippen LogP contribution >= 0.6 is 11.3 Å². The van der Waals surface area contributed by atoms with E-state index in [1.165, 1.54) is 17.7 Å². The molecule has 2 aromatic heterocycles. The first kappa shape index (κ1) is 19.5. The first-order chi connectivity index (χ1) is 14.6. The van der Waals surface area contributed by atoms with Crippen molar-refractivity contribution >= 4 is 22.9 Å². The summed E-state index contributed by atoms with van der Waals surface area (Å²) in [5.41, 5.74) is 3.44. The van der Waals surface area contributed by atoms with Gasteiger partial charge in [0.15, 0.2) is 11.5 Å². The number of carbonyl (C=O) groups is 1. The number of hydrogen-bond acceptors (Lipinski definition) is 8. The number of nitrogens with zero attached hydrogens (tertiary/aromatic N) is 5. The predicted octanol–water partition coefficient (Wildman–Crippen LogP) is 3.36. The minimum atomic E-state index is -0.314. The largest absolute Gasteiger partial charge is 0.493 e. The number of aromatic nitrogens is 5. The van der Waals surface area contributed by atoms with Crippen LogP contribution < -0.4 is 14.8 Å². The van der Waals surface area contributed by atoms with Gasteiger partial charge in [0.25, 0.3) is 5.91 Å². The van der Waals surface area contributed by atoms with Gasteiger partial charge in [-0.25, -0.2) is 9.67 Å². The Morgan fingerprint density at radius 3 is 2.77 bits per heavy atom. The maximum Gasteiger partial charge on any atom is 0.275 e. The fraction of sp³-hybridized carbons (Fsp3) is 0.150. The summed E-state index contributed by atoms with van der Waals surface area (Å²) in [7, 11) is 3.15. The number of benzene rings is 2. The Hall–Kier alpha value is -3.79. The third-order valence-electron chi connectivity index (χ3n) is 4.43. The molecule has 30 heavy (non-hydrogen) atoms. The van der Waals surface area contributed by atoms with E-state index in [2.05, 4.69) is 25.8 Å². The molecule has 0 atom stereocenters. The molecule has 1 N–H and O–H groups in total. The van der Waals surface area contributed by atoms with Gasteiger partial charge in [-0.2, -0.15) is 0 Å². The van der Waals surface area contributed by atoms with Gasteiger partial charge in [0.1, 0.15) is 17.0 Å². The molecule has 0 saturated heterocycles. The third kappa shape index (κ3) is 3.72. The highest BCUT2D eigenvalue weighted by Crippen LogP contribution is 2.39. The van der Waals surface area contributed by atoms with Crippen molar-refractivity contribution in [3.63, 3.8) is 0 Å². The van der Waals surface area contributed by atoms with Gasteiger partial charge in [-0.1, -0.05) is 12.1 Å². The molecule has 0 fully saturated rings. The van der Waals surface area contributed by atoms with Gasteiger partial charge in [0.2, 0.25) is 0 Å². The van der Waals surface area contributed by atoms with Gasteiger partial charge < -0.3 is 14.8 Å². The molecule has 10 heteroatoms. The lowest BCUT2D eigenvalue weighted by Gasteiger charge is -2.10. The molecule has 2 aromatic carbocycles. The zero-order valence-corrected chi connectivity index (χ0v) is 17.3. The second-order valence-corrected chi connectivity index (χ2v) is 7.15. The van der Waals surface area contributed by atoms with Gasteiger partial charge in [-0.05, 0) is 47.2 Å². The average Bonchev–Trinajstić information content (AvgIpc) is 3.46. The minimum Gasteiger partial charge on any atom is -0.493 e. The van der Waals surface area contributed by atoms with Crippen LogP contribution in [-0.4, -0.2) is 45.3 Å². The first-order valence-corrected chi connectivity index (χ1v) is 9.81. The minimum absolute atomic E-state index is 0.310. The molecule has 0 aliphatic rings. The van der Waals surface area contributed by atoms with Gasteiger partial charge in [-0.15, -0.1) is 16.4 Å². The molecule has 152 valence electrons. The van der Waals surface area contributed by atoms with E-state index in [-0.39, 0.29) is 5.91 Å². The number of thiazole rings is 1. The predicted molar refractivity (Wildman–Crippen MR) is 112 cm³/mol. The van der Waals surface area contributed by atoms with E-state index >= 15 is 0 Å². The normalized spacial score (nSPS) is 10.6. The van der Waals surface area contributed by atoms with E-state index in [9.17, 15) is 4.79 Å². The van der Waals surface area contributed by atoms with E-state index in [1.807, 2.05) is 43.3 Å². The first-order valence-electron chi connectivity index (χ1n) is 8.93. The summed E-state index contributed by atoms with van der Waals surface area (Å²) in [5, 5.41) is 16.5. The van der Waals surface area contributed by atoms with E-state index in [0.29, 0.717) is 27.9 Å². The molecule has 0 bridgehead atoms. The molecule has 9 nitrogen and oxygen atoms in total. The number of para-hydroxylation sites is 1. The quantitative estimate of drug-likeness (QED) is 0.508. The summed E-state index contributed by atoms with van der Waals surface area (Å²) in [6, 6.07) is 11.1. The van der Waals surface area contributed by atoms with Crippen LogP contribution in [0.2, 0.25) is 0 Å². The highest BCUT2D eigenvalue weighted by atomic mass is 32.1. The monoisotopic (exact) mass is 422 g/mol. The molecule has 0 radical (unpaired) electrons. The van der Waals surface area contributed by atoms with E-state index in [4.69, 9.17) is 9.47 Å². The summed E-state index contributed by atoms with van der Waals surface area (Å²) >= 11 is 1.36. The van der Waals surface area contributed by atoms with Crippen molar-refractivity contribution in [2.45, 2.75) is 6.92 Å². The number of ether oxygens (including phenoxy) is 2. The van der Waals surface area contributed by atoms with Crippen molar-refractivity contribution in [1.82, 2.24) is 25.2 Å². The number of rotatable bonds is 6. The highest BCUT2D eigenvalue weighted by Gasteiger charge is 2.17. The molecule has 0 saturated carbocycles. The van der Waals surface area contributed by atoms with Gasteiger partial charge >= 0.3 is 0 Å². The molecule has 0 spiro atoms. The number of hydrogen-bond donors (Lipinski definition) is 1. The molecular weight excluding hydrogens is 404 g/mol. The Balaban J connectivity index is 1.58. The van der Waals surface area contributed by atoms with Crippen molar-refractivity contribution in [2.24, 2.45) is 0 Å². The second-order valence-electron chi connectivity index (χ2n) is 6.29. The van der Waals surface area contributed by atoms with Crippen LogP contribution in [0.5, 0.6) is 11.5 Å². The maximum absolute atomic E-state index is 12.7. The lowest BCUT2D eigenvalue weighted by molar-refractivity contribution is 0.102. The van der Waals surface area contributed by atoms with Gasteiger partial charge in [0, 0.05) is 11.1 Å². The molecular formula is C20H18N6O3S. The molecule has 0 aliphatic carbocycles. The number of carbonyl (C=O) groups excluding carboxylic acids is 1. The van der Waals surface area contributed by atoms with Crippen LogP contribution in [0.4, 0.5) is 5.69 Å². The SMILES string of the molecule is COc1cccc(-c2nc(C(=O)Nc3ccc(C)c(-n4cnnn4)c3)cs2)c1OC. The van der Waals surface area contributed by atoms with Crippen molar-refractivity contribution in [1.29, 1.82) is 0 Å². The molecule has 0 unspecified atom stereocenters. The molecule has 2 heterocycles. The number of nitrogens with one attached hydrogen (secondary N) is 1. The number of amides is 1. The van der Waals surface area contributed by atoms with Crippen LogP contribution in [0.15, 0.2) is 48.1 Å². The lowest BCUT2D eigenvalue weighted by Crippen LogP contribution is -2.13. The van der Waals surface area contributed by atoms with Crippen LogP contribution in [0.1, 0.15) is 16.1 Å². The Morgan fingerprint density at radius 1 is 1.17 bits per heavy atom. The van der Waals surface area contributed by atoms with Gasteiger partial charge in [0.05, 0.1) is 25.5 Å². The van der Waals surface area contributed by atoms with E-state index < -0.39 is 0 Å². The van der Waals surface area contributed by atoms with Crippen molar-refractivity contribution in [3.05, 3.63) is 59.4 Å². The average molecular weight is 422 g/mol. The molecule has 4 aromatic rings. The Labute approximate surface area is 176 Å². The second kappa shape index (κ2) is 8.29. The summed E-state index contributed by atoms with van der Waals surface area (Å²) in [5.74, 6) is 0.864. The summed E-state index contributed by atoms with van der Waals surface area (Å²) < 4.78 is 12.4. The van der Waals surface area contributed by atoms with Crippen molar-refractivity contribution in [2.75, 3.05) is 19.5 Å². The molecule has 0 aliphatic heterocycles. The van der Waals surface area contributed by atoms with Crippen LogP contribution in [0.3, 0.4) is 0 Å². The molecule has 4 rings (SSSR count). The van der Waals surface area contributed by atoms with E-state index in [1.54, 1.807) is 24.3 Å². The zero-order valence-electron chi connectivity index (χ0n) is 16.5. The van der Waals surface area contributed by atoms with Crippen molar-refractivity contribution < 1.29 is 14.3 Å². The van der Waals surface area contributed by atoms with Crippen LogP contribution in [0.25, 0.3) is 16.3 Å².